The summed E-state index contributed by atoms with van der Waals surface area (Å²) in [6.45, 7) is 8.49. The van der Waals surface area contributed by atoms with Gasteiger partial charge in [-0.25, -0.2) is 0 Å². The number of rotatable bonds is 1. The number of amides is 1. The Balaban J connectivity index is 1.93. The zero-order valence-electron chi connectivity index (χ0n) is 10.6. The molecule has 0 aromatic heterocycles. The molecule has 0 bridgehead atoms. The third kappa shape index (κ3) is 2.76. The van der Waals surface area contributed by atoms with Crippen molar-refractivity contribution in [3.05, 3.63) is 0 Å². The maximum absolute atomic E-state index is 12.3. The van der Waals surface area contributed by atoms with Gasteiger partial charge < -0.3 is 10.2 Å². The van der Waals surface area contributed by atoms with E-state index in [2.05, 4.69) is 24.1 Å². The molecular formula is C13H24N2O. The van der Waals surface area contributed by atoms with Crippen LogP contribution >= 0.6 is 0 Å². The van der Waals surface area contributed by atoms with E-state index in [1.807, 2.05) is 0 Å². The van der Waals surface area contributed by atoms with E-state index in [9.17, 15) is 4.79 Å². The van der Waals surface area contributed by atoms with Crippen LogP contribution < -0.4 is 5.32 Å². The second-order valence-corrected chi connectivity index (χ2v) is 6.05. The van der Waals surface area contributed by atoms with E-state index in [-0.39, 0.29) is 5.92 Å². The Kier molecular flexibility index (Phi) is 3.53. The minimum Gasteiger partial charge on any atom is -0.342 e. The molecule has 1 amide bonds. The van der Waals surface area contributed by atoms with Crippen LogP contribution in [-0.4, -0.2) is 37.0 Å². The van der Waals surface area contributed by atoms with Crippen molar-refractivity contribution in [1.82, 2.24) is 10.2 Å². The van der Waals surface area contributed by atoms with Gasteiger partial charge >= 0.3 is 0 Å². The van der Waals surface area contributed by atoms with Gasteiger partial charge in [-0.15, -0.1) is 0 Å². The van der Waals surface area contributed by atoms with E-state index in [1.165, 1.54) is 12.8 Å². The first-order chi connectivity index (χ1) is 7.58. The molecule has 3 heteroatoms. The summed E-state index contributed by atoms with van der Waals surface area (Å²) in [6, 6.07) is 0. The van der Waals surface area contributed by atoms with Crippen LogP contribution in [0.15, 0.2) is 0 Å². The minimum absolute atomic E-state index is 0.287. The van der Waals surface area contributed by atoms with Crippen molar-refractivity contribution in [3.8, 4) is 0 Å². The lowest BCUT2D eigenvalue weighted by atomic mass is 9.83. The lowest BCUT2D eigenvalue weighted by molar-refractivity contribution is -0.139. The molecule has 0 aromatic carbocycles. The van der Waals surface area contributed by atoms with Crippen LogP contribution in [0.1, 0.15) is 39.5 Å². The third-order valence-corrected chi connectivity index (χ3v) is 3.90. The normalized spacial score (nSPS) is 26.8. The molecule has 92 valence electrons. The monoisotopic (exact) mass is 224 g/mol. The van der Waals surface area contributed by atoms with E-state index >= 15 is 0 Å². The molecule has 0 aromatic rings. The van der Waals surface area contributed by atoms with E-state index in [4.69, 9.17) is 0 Å². The van der Waals surface area contributed by atoms with Crippen molar-refractivity contribution in [1.29, 1.82) is 0 Å². The van der Waals surface area contributed by atoms with Crippen molar-refractivity contribution in [2.75, 3.05) is 26.2 Å². The lowest BCUT2D eigenvalue weighted by Crippen LogP contribution is -2.47. The molecule has 1 N–H and O–H groups in total. The van der Waals surface area contributed by atoms with Crippen molar-refractivity contribution in [2.24, 2.45) is 11.3 Å². The van der Waals surface area contributed by atoms with Crippen molar-refractivity contribution in [3.63, 3.8) is 0 Å². The molecule has 0 atom stereocenters. The Labute approximate surface area is 98.6 Å². The summed E-state index contributed by atoms with van der Waals surface area (Å²) in [5.74, 6) is 0.699. The summed E-state index contributed by atoms with van der Waals surface area (Å²) in [6.07, 6.45) is 4.47. The molecule has 0 saturated carbocycles. The summed E-state index contributed by atoms with van der Waals surface area (Å²) >= 11 is 0. The largest absolute Gasteiger partial charge is 0.342 e. The number of likely N-dealkylation sites (tertiary alicyclic amines) is 1. The van der Waals surface area contributed by atoms with Crippen LogP contribution in [0.2, 0.25) is 0 Å². The maximum atomic E-state index is 12.3. The topological polar surface area (TPSA) is 32.3 Å². The zero-order valence-corrected chi connectivity index (χ0v) is 10.6. The molecule has 0 unspecified atom stereocenters. The lowest BCUT2D eigenvalue weighted by Gasteiger charge is -2.40. The van der Waals surface area contributed by atoms with Gasteiger partial charge in [0.15, 0.2) is 0 Å². The maximum Gasteiger partial charge on any atom is 0.225 e. The molecule has 2 aliphatic rings. The number of hydrogen-bond acceptors (Lipinski definition) is 2. The van der Waals surface area contributed by atoms with Gasteiger partial charge in [-0.3, -0.25) is 4.79 Å². The predicted octanol–water partition coefficient (Wildman–Crippen LogP) is 1.63. The Bertz CT molecular complexity index is 257. The van der Waals surface area contributed by atoms with Crippen LogP contribution in [0.3, 0.4) is 0 Å². The van der Waals surface area contributed by atoms with Crippen LogP contribution in [0, 0.1) is 11.3 Å². The third-order valence-electron chi connectivity index (χ3n) is 3.90. The number of piperidine rings is 2. The molecule has 3 nitrogen and oxygen atoms in total. The second-order valence-electron chi connectivity index (χ2n) is 6.05. The standard InChI is InChI=1S/C13H24N2O/c1-13(2)6-3-9-15(10-13)12(16)11-4-7-14-8-5-11/h11,14H,3-10H2,1-2H3. The van der Waals surface area contributed by atoms with E-state index in [0.717, 1.165) is 39.0 Å². The van der Waals surface area contributed by atoms with E-state index < -0.39 is 0 Å². The average Bonchev–Trinajstić information content (AvgIpc) is 2.28. The zero-order chi connectivity index (χ0) is 11.6. The van der Waals surface area contributed by atoms with E-state index in [1.54, 1.807) is 0 Å². The Morgan fingerprint density at radius 2 is 2.00 bits per heavy atom. The van der Waals surface area contributed by atoms with Gasteiger partial charge in [0.25, 0.3) is 0 Å². The number of carbonyl (C=O) groups excluding carboxylic acids is 1. The molecule has 2 heterocycles. The molecule has 2 aliphatic heterocycles. The molecule has 2 rings (SSSR count). The van der Waals surface area contributed by atoms with Gasteiger partial charge in [-0.2, -0.15) is 0 Å². The number of nitrogens with one attached hydrogen (secondary N) is 1. The molecule has 2 fully saturated rings. The Morgan fingerprint density at radius 1 is 1.31 bits per heavy atom. The number of hydrogen-bond donors (Lipinski definition) is 1. The van der Waals surface area contributed by atoms with Crippen LogP contribution in [-0.2, 0) is 4.79 Å². The minimum atomic E-state index is 0.287. The summed E-state index contributed by atoms with van der Waals surface area (Å²) in [4.78, 5) is 14.4. The first kappa shape index (κ1) is 11.9. The van der Waals surface area contributed by atoms with Gasteiger partial charge in [-0.05, 0) is 44.2 Å². The molecule has 0 spiro atoms. The van der Waals surface area contributed by atoms with Crippen LogP contribution in [0.25, 0.3) is 0 Å². The molecular weight excluding hydrogens is 200 g/mol. The van der Waals surface area contributed by atoms with Gasteiger partial charge in [0.1, 0.15) is 0 Å². The highest BCUT2D eigenvalue weighted by Crippen LogP contribution is 2.30. The second kappa shape index (κ2) is 4.74. The average molecular weight is 224 g/mol. The first-order valence-electron chi connectivity index (χ1n) is 6.58. The van der Waals surface area contributed by atoms with Gasteiger partial charge in [0, 0.05) is 19.0 Å². The quantitative estimate of drug-likeness (QED) is 0.734. The highest BCUT2D eigenvalue weighted by molar-refractivity contribution is 5.79. The number of carbonyl (C=O) groups is 1. The molecule has 2 saturated heterocycles. The fourth-order valence-corrected chi connectivity index (χ4v) is 2.94. The summed E-state index contributed by atoms with van der Waals surface area (Å²) in [5.41, 5.74) is 0.320. The van der Waals surface area contributed by atoms with E-state index in [0.29, 0.717) is 11.3 Å². The van der Waals surface area contributed by atoms with Crippen LogP contribution in [0.5, 0.6) is 0 Å². The molecule has 0 aliphatic carbocycles. The highest BCUT2D eigenvalue weighted by atomic mass is 16.2. The molecule has 16 heavy (non-hydrogen) atoms. The first-order valence-corrected chi connectivity index (χ1v) is 6.58. The van der Waals surface area contributed by atoms with Crippen molar-refractivity contribution < 1.29 is 4.79 Å². The smallest absolute Gasteiger partial charge is 0.225 e. The summed E-state index contributed by atoms with van der Waals surface area (Å²) in [5, 5.41) is 3.32. The molecule has 0 radical (unpaired) electrons. The van der Waals surface area contributed by atoms with Crippen LogP contribution in [0.4, 0.5) is 0 Å². The van der Waals surface area contributed by atoms with Crippen molar-refractivity contribution >= 4 is 5.91 Å². The van der Waals surface area contributed by atoms with Gasteiger partial charge in [-0.1, -0.05) is 13.8 Å². The number of nitrogens with zero attached hydrogens (tertiary/aromatic N) is 1. The summed E-state index contributed by atoms with van der Waals surface area (Å²) < 4.78 is 0. The fraction of sp³-hybridized carbons (Fsp3) is 0.923. The fourth-order valence-electron chi connectivity index (χ4n) is 2.94. The predicted molar refractivity (Wildman–Crippen MR) is 65.2 cm³/mol. The van der Waals surface area contributed by atoms with Gasteiger partial charge in [0.2, 0.25) is 5.91 Å². The SMILES string of the molecule is CC1(C)CCCN(C(=O)C2CCNCC2)C1. The van der Waals surface area contributed by atoms with Gasteiger partial charge in [0.05, 0.1) is 0 Å². The highest BCUT2D eigenvalue weighted by Gasteiger charge is 2.32. The Morgan fingerprint density at radius 3 is 2.62 bits per heavy atom. The van der Waals surface area contributed by atoms with Crippen molar-refractivity contribution in [2.45, 2.75) is 39.5 Å². The Hall–Kier alpha value is -0.570. The summed E-state index contributed by atoms with van der Waals surface area (Å²) in [7, 11) is 0.